The number of rotatable bonds is 7. The second-order valence-electron chi connectivity index (χ2n) is 7.46. The van der Waals surface area contributed by atoms with E-state index < -0.39 is 0 Å². The predicted molar refractivity (Wildman–Crippen MR) is 111 cm³/mol. The average Bonchev–Trinajstić information content (AvgIpc) is 2.64. The van der Waals surface area contributed by atoms with Crippen LogP contribution in [0.4, 0.5) is 5.69 Å². The van der Waals surface area contributed by atoms with Crippen LogP contribution in [-0.4, -0.2) is 58.3 Å². The number of ether oxygens (including phenoxy) is 1. The summed E-state index contributed by atoms with van der Waals surface area (Å²) < 4.78 is 5.47. The molecule has 0 amide bonds. The van der Waals surface area contributed by atoms with Crippen molar-refractivity contribution in [3.8, 4) is 0 Å². The third-order valence-corrected chi connectivity index (χ3v) is 5.03. The maximum Gasteiger partial charge on any atom is 0.193 e. The Morgan fingerprint density at radius 1 is 1.23 bits per heavy atom. The van der Waals surface area contributed by atoms with Crippen LogP contribution in [0.2, 0.25) is 0 Å². The van der Waals surface area contributed by atoms with Crippen LogP contribution < -0.4 is 10.2 Å². The molecule has 0 unspecified atom stereocenters. The van der Waals surface area contributed by atoms with Gasteiger partial charge in [-0.25, -0.2) is 4.99 Å². The van der Waals surface area contributed by atoms with Gasteiger partial charge in [0.15, 0.2) is 5.96 Å². The molecule has 0 aromatic heterocycles. The molecule has 0 atom stereocenters. The summed E-state index contributed by atoms with van der Waals surface area (Å²) in [5.74, 6) is 1.77. The van der Waals surface area contributed by atoms with Gasteiger partial charge in [0.25, 0.3) is 0 Å². The maximum atomic E-state index is 5.47. The van der Waals surface area contributed by atoms with Crippen molar-refractivity contribution in [2.24, 2.45) is 10.9 Å². The van der Waals surface area contributed by atoms with Crippen LogP contribution in [-0.2, 0) is 11.3 Å². The monoisotopic (exact) mass is 360 g/mol. The van der Waals surface area contributed by atoms with E-state index in [0.29, 0.717) is 6.54 Å². The zero-order chi connectivity index (χ0) is 18.9. The van der Waals surface area contributed by atoms with Crippen LogP contribution >= 0.6 is 0 Å². The zero-order valence-electron chi connectivity index (χ0n) is 17.2. The van der Waals surface area contributed by atoms with Gasteiger partial charge in [-0.15, -0.1) is 0 Å². The highest BCUT2D eigenvalue weighted by molar-refractivity contribution is 5.79. The van der Waals surface area contributed by atoms with Gasteiger partial charge in [-0.05, 0) is 56.2 Å². The Morgan fingerprint density at radius 2 is 1.96 bits per heavy atom. The molecule has 1 aliphatic rings. The van der Waals surface area contributed by atoms with Gasteiger partial charge >= 0.3 is 0 Å². The fraction of sp³-hybridized carbons (Fsp3) is 0.667. The van der Waals surface area contributed by atoms with Crippen LogP contribution in [0.25, 0.3) is 0 Å². The van der Waals surface area contributed by atoms with E-state index in [0.717, 1.165) is 38.2 Å². The van der Waals surface area contributed by atoms with Crippen LogP contribution in [0.15, 0.2) is 23.2 Å². The second-order valence-corrected chi connectivity index (χ2v) is 7.46. The van der Waals surface area contributed by atoms with E-state index >= 15 is 0 Å². The Balaban J connectivity index is 2.01. The van der Waals surface area contributed by atoms with Crippen molar-refractivity contribution < 1.29 is 4.74 Å². The first-order chi connectivity index (χ1) is 12.5. The Hall–Kier alpha value is -1.75. The molecule has 1 aliphatic heterocycles. The number of aryl methyl sites for hydroxylation is 1. The molecule has 0 bridgehead atoms. The molecule has 5 nitrogen and oxygen atoms in total. The first-order valence-corrected chi connectivity index (χ1v) is 9.85. The second kappa shape index (κ2) is 10.4. The van der Waals surface area contributed by atoms with Gasteiger partial charge in [-0.1, -0.05) is 12.1 Å². The highest BCUT2D eigenvalue weighted by Crippen LogP contribution is 2.21. The normalized spacial score (nSPS) is 15.8. The summed E-state index contributed by atoms with van der Waals surface area (Å²) in [5.41, 5.74) is 3.78. The van der Waals surface area contributed by atoms with Gasteiger partial charge in [-0.3, -0.25) is 0 Å². The number of nitrogens with zero attached hydrogens (tertiary/aromatic N) is 3. The van der Waals surface area contributed by atoms with Gasteiger partial charge < -0.3 is 19.9 Å². The van der Waals surface area contributed by atoms with Crippen LogP contribution in [0.3, 0.4) is 0 Å². The molecule has 1 heterocycles. The molecule has 0 saturated carbocycles. The topological polar surface area (TPSA) is 40.1 Å². The standard InChI is InChI=1S/C21H36N4O/c1-6-22-21(25(5)12-9-18-10-13-26-14-11-18)23-16-19-8-7-17(2)15-20(19)24(3)4/h7-8,15,18H,6,9-14,16H2,1-5H3,(H,22,23). The number of anilines is 1. The minimum atomic E-state index is 0.692. The third kappa shape index (κ3) is 6.20. The number of hydrogen-bond donors (Lipinski definition) is 1. The maximum absolute atomic E-state index is 5.47. The summed E-state index contributed by atoms with van der Waals surface area (Å²) in [6.07, 6.45) is 3.59. The lowest BCUT2D eigenvalue weighted by Gasteiger charge is -2.27. The Labute approximate surface area is 159 Å². The van der Waals surface area contributed by atoms with Crippen LogP contribution in [0.1, 0.15) is 37.3 Å². The van der Waals surface area contributed by atoms with E-state index in [4.69, 9.17) is 9.73 Å². The first-order valence-electron chi connectivity index (χ1n) is 9.85. The van der Waals surface area contributed by atoms with Gasteiger partial charge in [0.1, 0.15) is 0 Å². The van der Waals surface area contributed by atoms with E-state index in [2.05, 4.69) is 68.3 Å². The molecule has 1 aromatic rings. The largest absolute Gasteiger partial charge is 0.381 e. The smallest absolute Gasteiger partial charge is 0.193 e. The molecule has 1 aromatic carbocycles. The fourth-order valence-electron chi connectivity index (χ4n) is 3.37. The summed E-state index contributed by atoms with van der Waals surface area (Å²) in [6, 6.07) is 6.59. The molecule has 146 valence electrons. The van der Waals surface area contributed by atoms with E-state index in [1.165, 1.54) is 36.1 Å². The van der Waals surface area contributed by atoms with Crippen LogP contribution in [0.5, 0.6) is 0 Å². The quantitative estimate of drug-likeness (QED) is 0.598. The molecule has 0 radical (unpaired) electrons. The lowest BCUT2D eigenvalue weighted by atomic mass is 9.96. The average molecular weight is 361 g/mol. The lowest BCUT2D eigenvalue weighted by Crippen LogP contribution is -2.40. The van der Waals surface area contributed by atoms with Crippen molar-refractivity contribution in [2.75, 3.05) is 52.3 Å². The predicted octanol–water partition coefficient (Wildman–Crippen LogP) is 3.28. The molecule has 26 heavy (non-hydrogen) atoms. The lowest BCUT2D eigenvalue weighted by molar-refractivity contribution is 0.0625. The van der Waals surface area contributed by atoms with Gasteiger partial charge in [0, 0.05) is 53.1 Å². The molecule has 2 rings (SSSR count). The van der Waals surface area contributed by atoms with Crippen molar-refractivity contribution in [3.63, 3.8) is 0 Å². The van der Waals surface area contributed by atoms with E-state index in [1.807, 2.05) is 0 Å². The highest BCUT2D eigenvalue weighted by atomic mass is 16.5. The molecule has 1 saturated heterocycles. The van der Waals surface area contributed by atoms with Gasteiger partial charge in [0.05, 0.1) is 6.54 Å². The SMILES string of the molecule is CCNC(=NCc1ccc(C)cc1N(C)C)N(C)CCC1CCOCC1. The Bertz CT molecular complexity index is 579. The molecule has 0 aliphatic carbocycles. The Kier molecular flexibility index (Phi) is 8.23. The minimum Gasteiger partial charge on any atom is -0.381 e. The summed E-state index contributed by atoms with van der Waals surface area (Å²) in [5, 5.41) is 3.44. The summed E-state index contributed by atoms with van der Waals surface area (Å²) in [4.78, 5) is 9.33. The number of guanidine groups is 1. The van der Waals surface area contributed by atoms with Gasteiger partial charge in [-0.2, -0.15) is 0 Å². The fourth-order valence-corrected chi connectivity index (χ4v) is 3.37. The summed E-state index contributed by atoms with van der Waals surface area (Å²) in [7, 11) is 6.32. The molecular weight excluding hydrogens is 324 g/mol. The van der Waals surface area contributed by atoms with Crippen molar-refractivity contribution in [3.05, 3.63) is 29.3 Å². The van der Waals surface area contributed by atoms with Gasteiger partial charge in [0.2, 0.25) is 0 Å². The summed E-state index contributed by atoms with van der Waals surface area (Å²) >= 11 is 0. The van der Waals surface area contributed by atoms with Crippen molar-refractivity contribution in [1.29, 1.82) is 0 Å². The molecule has 0 spiro atoms. The molecule has 1 fully saturated rings. The van der Waals surface area contributed by atoms with E-state index in [-0.39, 0.29) is 0 Å². The number of aliphatic imine (C=N–C) groups is 1. The first kappa shape index (κ1) is 20.6. The zero-order valence-corrected chi connectivity index (χ0v) is 17.2. The molecule has 1 N–H and O–H groups in total. The van der Waals surface area contributed by atoms with E-state index in [9.17, 15) is 0 Å². The van der Waals surface area contributed by atoms with Crippen LogP contribution in [0, 0.1) is 12.8 Å². The van der Waals surface area contributed by atoms with Crippen molar-refractivity contribution >= 4 is 11.6 Å². The number of nitrogens with one attached hydrogen (secondary N) is 1. The van der Waals surface area contributed by atoms with E-state index in [1.54, 1.807) is 0 Å². The molecular formula is C21H36N4O. The third-order valence-electron chi connectivity index (χ3n) is 5.03. The summed E-state index contributed by atoms with van der Waals surface area (Å²) in [6.45, 7) is 8.71. The number of benzene rings is 1. The van der Waals surface area contributed by atoms with Crippen molar-refractivity contribution in [1.82, 2.24) is 10.2 Å². The highest BCUT2D eigenvalue weighted by Gasteiger charge is 2.15. The Morgan fingerprint density at radius 3 is 2.62 bits per heavy atom. The minimum absolute atomic E-state index is 0.692. The molecule has 5 heteroatoms. The van der Waals surface area contributed by atoms with Crippen molar-refractivity contribution in [2.45, 2.75) is 39.7 Å². The number of hydrogen-bond acceptors (Lipinski definition) is 3.